The minimum atomic E-state index is -4.26. The summed E-state index contributed by atoms with van der Waals surface area (Å²) in [4.78, 5) is 70.3. The van der Waals surface area contributed by atoms with Crippen molar-refractivity contribution in [3.05, 3.63) is 81.9 Å². The number of thioether (sulfide) groups is 2. The number of phenolic OH excluding ortho intramolecular Hbond substituents is 4. The number of hydrogen-bond donors (Lipinski definition) is 6. The molecule has 3 aromatic heterocycles. The normalized spacial score (nSPS) is 16.4. The molecule has 2 aromatic carbocycles. The number of carbonyl (C=O) groups is 4. The number of hydrogen-bond acceptors (Lipinski definition) is 22. The second-order valence-electron chi connectivity index (χ2n) is 12.7. The first-order valence-electron chi connectivity index (χ1n) is 16.9. The third-order valence-electron chi connectivity index (χ3n) is 8.57. The van der Waals surface area contributed by atoms with E-state index in [2.05, 4.69) is 30.5 Å². The molecule has 1 fully saturated rings. The van der Waals surface area contributed by atoms with Crippen LogP contribution in [0.15, 0.2) is 74.2 Å². The molecule has 0 saturated carbocycles. The van der Waals surface area contributed by atoms with Gasteiger partial charge in [-0.2, -0.15) is 9.50 Å². The number of aryl methyl sites for hydroxylation is 1. The quantitative estimate of drug-likeness (QED) is 0.00945. The largest absolute Gasteiger partial charge is 1.00 e. The number of phenols is 4. The standard InChI is InChI=1S/C34H29N9O13S4.Na/c1-14-6-24(43-34(36-14)38-23(40-43)9-55-32(52)15-2-4-19(44)21(46)7-15)57-10-16-11-58-30-26(29(49)42(30)27(16)31(50)51)39-28(48)25(18-12-59-33(35)37-18)41-56-13-60(53,54)17-3-5-20(45)22(47)8-17;/h2-8,12,26,30,44-47H,9-11,13H2,1H3,(H2,35,37)(H,39,48)(H,50,51);/q;+1/p-1/b41-25-;/t26-,30-;/m1./s1. The number of oxime groups is 1. The zero-order chi connectivity index (χ0) is 43.0. The first-order chi connectivity index (χ1) is 28.5. The number of nitrogens with one attached hydrogen (secondary N) is 1. The molecule has 0 bridgehead atoms. The van der Waals surface area contributed by atoms with Gasteiger partial charge in [0.25, 0.3) is 17.6 Å². The number of benzene rings is 2. The number of anilines is 1. The average Bonchev–Trinajstić information content (AvgIpc) is 3.83. The molecule has 0 radical (unpaired) electrons. The van der Waals surface area contributed by atoms with Gasteiger partial charge in [-0.3, -0.25) is 14.5 Å². The Kier molecular flexibility index (Phi) is 13.4. The Balaban J connectivity index is 0.00000622. The van der Waals surface area contributed by atoms with E-state index in [0.29, 0.717) is 16.3 Å². The second kappa shape index (κ2) is 18.1. The summed E-state index contributed by atoms with van der Waals surface area (Å²) < 4.78 is 32.2. The Morgan fingerprint density at radius 3 is 2.44 bits per heavy atom. The predicted molar refractivity (Wildman–Crippen MR) is 208 cm³/mol. The van der Waals surface area contributed by atoms with Crippen molar-refractivity contribution in [3.63, 3.8) is 0 Å². The van der Waals surface area contributed by atoms with E-state index < -0.39 is 84.6 Å². The van der Waals surface area contributed by atoms with Gasteiger partial charge in [-0.05, 0) is 48.9 Å². The summed E-state index contributed by atoms with van der Waals surface area (Å²) in [6.45, 7) is 1.33. The Hall–Kier alpha value is -5.64. The van der Waals surface area contributed by atoms with Gasteiger partial charge in [0, 0.05) is 28.6 Å². The Labute approximate surface area is 377 Å². The van der Waals surface area contributed by atoms with Gasteiger partial charge in [-0.1, -0.05) is 5.16 Å². The third kappa shape index (κ3) is 9.48. The number of amides is 2. The second-order valence-corrected chi connectivity index (χ2v) is 17.6. The molecule has 2 aliphatic rings. The van der Waals surface area contributed by atoms with Gasteiger partial charge in [-0.15, -0.1) is 40.0 Å². The van der Waals surface area contributed by atoms with E-state index in [0.717, 1.165) is 70.1 Å². The fourth-order valence-corrected chi connectivity index (χ4v) is 9.68. The molecule has 2 aliphatic heterocycles. The number of ether oxygens (including phenoxy) is 1. The number of carbonyl (C=O) groups excluding carboxylic acids is 4. The van der Waals surface area contributed by atoms with Crippen LogP contribution in [0.2, 0.25) is 0 Å². The number of rotatable bonds is 14. The molecule has 7 N–H and O–H groups in total. The van der Waals surface area contributed by atoms with E-state index in [1.165, 1.54) is 16.0 Å². The molecule has 22 nitrogen and oxygen atoms in total. The van der Waals surface area contributed by atoms with Crippen molar-refractivity contribution in [2.45, 2.75) is 34.9 Å². The number of carboxylic acid groups (broad SMARTS) is 1. The van der Waals surface area contributed by atoms with Crippen LogP contribution < -0.4 is 45.7 Å². The molecule has 0 unspecified atom stereocenters. The molecule has 2 atom stereocenters. The van der Waals surface area contributed by atoms with Gasteiger partial charge in [0.15, 0.2) is 46.3 Å². The van der Waals surface area contributed by atoms with Crippen molar-refractivity contribution in [3.8, 4) is 23.0 Å². The van der Waals surface area contributed by atoms with E-state index in [-0.39, 0.29) is 81.4 Å². The summed E-state index contributed by atoms with van der Waals surface area (Å²) in [5, 5.41) is 62.4. The maximum absolute atomic E-state index is 13.5. The number of fused-ring (bicyclic) bond motifs is 2. The van der Waals surface area contributed by atoms with Gasteiger partial charge in [0.1, 0.15) is 22.1 Å². The molecule has 5 aromatic rings. The number of nitrogens with zero attached hydrogens (tertiary/aromatic N) is 7. The summed E-state index contributed by atoms with van der Waals surface area (Å²) >= 11 is 3.26. The molecular weight excluding hydrogens is 894 g/mol. The molecule has 61 heavy (non-hydrogen) atoms. The summed E-state index contributed by atoms with van der Waals surface area (Å²) in [5.74, 6) is -7.12. The Morgan fingerprint density at radius 1 is 1.05 bits per heavy atom. The van der Waals surface area contributed by atoms with Crippen molar-refractivity contribution >= 4 is 85.1 Å². The number of β-lactam (4-membered cyclic amide) rings is 1. The number of sulfone groups is 1. The maximum Gasteiger partial charge on any atom is 1.00 e. The number of aliphatic carboxylic acids is 1. The molecule has 0 aliphatic carbocycles. The predicted octanol–water partition coefficient (Wildman–Crippen LogP) is -3.00. The molecule has 5 heterocycles. The number of nitrogens with two attached hydrogens (primary N) is 1. The van der Waals surface area contributed by atoms with Crippen LogP contribution in [0.4, 0.5) is 5.13 Å². The number of carboxylic acids is 1. The number of aromatic nitrogens is 5. The fraction of sp³-hybridized carbons (Fsp3) is 0.206. The topological polar surface area (TPSA) is 334 Å². The van der Waals surface area contributed by atoms with Crippen molar-refractivity contribution in [2.24, 2.45) is 5.16 Å². The zero-order valence-corrected chi connectivity index (χ0v) is 36.7. The molecule has 0 spiro atoms. The van der Waals surface area contributed by atoms with Gasteiger partial charge < -0.3 is 51.0 Å². The monoisotopic (exact) mass is 921 g/mol. The molecule has 2 amide bonds. The van der Waals surface area contributed by atoms with E-state index in [9.17, 15) is 53.1 Å². The molecule has 27 heteroatoms. The van der Waals surface area contributed by atoms with Crippen LogP contribution in [0.25, 0.3) is 5.78 Å². The van der Waals surface area contributed by atoms with Gasteiger partial charge in [-0.25, -0.2) is 23.2 Å². The summed E-state index contributed by atoms with van der Waals surface area (Å²) in [5.41, 5.74) is 5.54. The van der Waals surface area contributed by atoms with Gasteiger partial charge in [0.05, 0.1) is 22.1 Å². The van der Waals surface area contributed by atoms with Crippen LogP contribution in [-0.2, 0) is 40.4 Å². The average molecular weight is 922 g/mol. The molecule has 7 rings (SSSR count). The summed E-state index contributed by atoms with van der Waals surface area (Å²) in [6.07, 6.45) is 0. The van der Waals surface area contributed by atoms with Crippen LogP contribution in [0, 0.1) is 6.92 Å². The number of aromatic hydroxyl groups is 4. The fourth-order valence-electron chi connectivity index (χ4n) is 5.70. The molecule has 1 saturated heterocycles. The summed E-state index contributed by atoms with van der Waals surface area (Å²) in [6, 6.07) is 6.64. The summed E-state index contributed by atoms with van der Waals surface area (Å²) in [7, 11) is -4.26. The van der Waals surface area contributed by atoms with Crippen molar-refractivity contribution in [1.29, 1.82) is 0 Å². The van der Waals surface area contributed by atoms with Gasteiger partial charge >= 0.3 is 35.5 Å². The SMILES string of the molecule is Cc1cc(SCC2=C(C(=O)[O-])N3C(=O)[C@@H](NC(=O)/C(=N\OCS(=O)(=O)c4ccc(O)c(O)c4)c4csc(N)n4)[C@H]3SC2)n2nc(COC(=O)c3ccc(O)c(O)c3)nc2n1.[Na+]. The maximum atomic E-state index is 13.5. The number of thiazole rings is 1. The van der Waals surface area contributed by atoms with E-state index in [4.69, 9.17) is 15.3 Å². The van der Waals surface area contributed by atoms with E-state index >= 15 is 0 Å². The van der Waals surface area contributed by atoms with E-state index in [1.807, 2.05) is 0 Å². The van der Waals surface area contributed by atoms with Crippen molar-refractivity contribution in [2.75, 3.05) is 23.2 Å². The van der Waals surface area contributed by atoms with Crippen molar-refractivity contribution in [1.82, 2.24) is 34.8 Å². The van der Waals surface area contributed by atoms with E-state index in [1.54, 1.807) is 13.0 Å². The van der Waals surface area contributed by atoms with Crippen LogP contribution in [0.5, 0.6) is 23.0 Å². The smallest absolute Gasteiger partial charge is 0.543 e. The zero-order valence-electron chi connectivity index (χ0n) is 31.4. The Bertz CT molecular complexity index is 2780. The minimum absolute atomic E-state index is 0. The first kappa shape index (κ1) is 44.9. The van der Waals surface area contributed by atoms with Crippen LogP contribution in [0.1, 0.15) is 27.6 Å². The first-order valence-corrected chi connectivity index (χ1v) is 21.5. The number of nitrogen functional groups attached to an aromatic ring is 1. The molecular formula is C34H28N9NaO13S4. The molecule has 312 valence electrons. The minimum Gasteiger partial charge on any atom is -0.543 e. The van der Waals surface area contributed by atoms with Crippen LogP contribution in [-0.4, -0.2) is 117 Å². The van der Waals surface area contributed by atoms with Crippen molar-refractivity contribution < 1.29 is 92.3 Å². The van der Waals surface area contributed by atoms with Crippen LogP contribution in [0.3, 0.4) is 0 Å². The number of esters is 1. The third-order valence-corrected chi connectivity index (χ3v) is 13.0. The van der Waals surface area contributed by atoms with Gasteiger partial charge in [0.2, 0.25) is 15.8 Å². The Morgan fingerprint density at radius 2 is 1.77 bits per heavy atom. The van der Waals surface area contributed by atoms with Crippen LogP contribution >= 0.6 is 34.9 Å².